The molecule has 0 aliphatic heterocycles. The number of hydrogen-bond acceptors (Lipinski definition) is 0. The largest absolute Gasteiger partial charge is 0.309 e. The van der Waals surface area contributed by atoms with Gasteiger partial charge in [0.05, 0.1) is 16.4 Å². The Morgan fingerprint density at radius 1 is 0.354 bits per heavy atom. The van der Waals surface area contributed by atoms with Gasteiger partial charge >= 0.3 is 0 Å². The molecule has 0 bridgehead atoms. The Hall–Kier alpha value is -8.00. The van der Waals surface area contributed by atoms with Gasteiger partial charge in [-0.25, -0.2) is 0 Å². The van der Waals surface area contributed by atoms with Crippen LogP contribution in [0.3, 0.4) is 0 Å². The van der Waals surface area contributed by atoms with Gasteiger partial charge in [0, 0.05) is 22.4 Å². The van der Waals surface area contributed by atoms with Crippen LogP contribution in [-0.2, 0) is 11.8 Å². The number of nitrogens with zero attached hydrogens (tertiary/aromatic N) is 1. The Labute approximate surface area is 380 Å². The molecule has 11 aromatic rings. The first-order valence-electron chi connectivity index (χ1n) is 23.0. The zero-order valence-corrected chi connectivity index (χ0v) is 36.0. The highest BCUT2D eigenvalue weighted by molar-refractivity contribution is 6.09. The molecule has 2 aliphatic rings. The van der Waals surface area contributed by atoms with Gasteiger partial charge in [0.2, 0.25) is 0 Å². The quantitative estimate of drug-likeness (QED) is 0.144. The summed E-state index contributed by atoms with van der Waals surface area (Å²) in [6.07, 6.45) is 1.93. The molecule has 1 spiro atoms. The second-order valence-electron chi connectivity index (χ2n) is 17.8. The molecule has 10 aromatic carbocycles. The van der Waals surface area contributed by atoms with Crippen LogP contribution in [0.4, 0.5) is 0 Å². The van der Waals surface area contributed by atoms with Gasteiger partial charge in [-0.15, -0.1) is 0 Å². The maximum absolute atomic E-state index is 2.59. The topological polar surface area (TPSA) is 4.93 Å². The maximum Gasteiger partial charge on any atom is 0.0725 e. The average molecular weight is 828 g/mol. The van der Waals surface area contributed by atoms with Crippen LogP contribution in [0, 0.1) is 0 Å². The van der Waals surface area contributed by atoms with Crippen molar-refractivity contribution >= 4 is 21.8 Å². The summed E-state index contributed by atoms with van der Waals surface area (Å²) in [5.41, 5.74) is 23.2. The maximum atomic E-state index is 2.59. The van der Waals surface area contributed by atoms with Crippen molar-refractivity contribution in [2.24, 2.45) is 0 Å². The summed E-state index contributed by atoms with van der Waals surface area (Å²) in [5.74, 6) is 0.164. The molecule has 1 nitrogen and oxygen atoms in total. The normalized spacial score (nSPS) is 13.4. The molecule has 2 aliphatic carbocycles. The van der Waals surface area contributed by atoms with Crippen molar-refractivity contribution in [3.8, 4) is 50.2 Å². The molecular formula is C64H45N. The van der Waals surface area contributed by atoms with Crippen LogP contribution in [0.2, 0.25) is 0 Å². The summed E-state index contributed by atoms with van der Waals surface area (Å²) in [6, 6.07) is 90.6. The van der Waals surface area contributed by atoms with Gasteiger partial charge < -0.3 is 4.57 Å². The molecular weight excluding hydrogens is 783 g/mol. The van der Waals surface area contributed by atoms with E-state index in [2.05, 4.69) is 247 Å². The minimum Gasteiger partial charge on any atom is -0.309 e. The van der Waals surface area contributed by atoms with Gasteiger partial charge in [0.25, 0.3) is 0 Å². The van der Waals surface area contributed by atoms with Crippen LogP contribution in [0.5, 0.6) is 0 Å². The van der Waals surface area contributed by atoms with Crippen molar-refractivity contribution in [3.05, 3.63) is 282 Å². The van der Waals surface area contributed by atoms with E-state index in [1.54, 1.807) is 0 Å². The van der Waals surface area contributed by atoms with Gasteiger partial charge in [-0.1, -0.05) is 218 Å². The molecule has 1 aromatic heterocycles. The predicted octanol–water partition coefficient (Wildman–Crippen LogP) is 16.2. The fourth-order valence-electron chi connectivity index (χ4n) is 11.7. The number of hydrogen-bond donors (Lipinski definition) is 0. The van der Waals surface area contributed by atoms with Crippen molar-refractivity contribution in [2.45, 2.75) is 24.2 Å². The summed E-state index contributed by atoms with van der Waals surface area (Å²) in [7, 11) is 0. The molecule has 65 heavy (non-hydrogen) atoms. The first-order chi connectivity index (χ1) is 32.3. The Balaban J connectivity index is 0.874. The molecule has 0 N–H and O–H groups in total. The van der Waals surface area contributed by atoms with E-state index in [9.17, 15) is 0 Å². The minimum absolute atomic E-state index is 0.164. The summed E-state index contributed by atoms with van der Waals surface area (Å²) >= 11 is 0. The Bertz CT molecular complexity index is 3470. The summed E-state index contributed by atoms with van der Waals surface area (Å²) in [4.78, 5) is 0. The van der Waals surface area contributed by atoms with E-state index in [0.29, 0.717) is 0 Å². The van der Waals surface area contributed by atoms with Gasteiger partial charge in [0.15, 0.2) is 0 Å². The predicted molar refractivity (Wildman–Crippen MR) is 271 cm³/mol. The fraction of sp³-hybridized carbons (Fsp3) is 0.0625. The highest BCUT2D eigenvalue weighted by Crippen LogP contribution is 2.63. The third-order valence-corrected chi connectivity index (χ3v) is 14.6. The average Bonchev–Trinajstić information content (AvgIpc) is 3.99. The highest BCUT2D eigenvalue weighted by Gasteiger charge is 2.51. The third kappa shape index (κ3) is 5.79. The van der Waals surface area contributed by atoms with Gasteiger partial charge in [-0.2, -0.15) is 0 Å². The number of rotatable bonds is 8. The molecule has 306 valence electrons. The standard InChI is InChI=1S/C64H45N/c1-2-16-46(17-3-1)49-18-4-5-19-51(49)50(47-37-41-55-54-22-8-13-27-60(54)64(61(55)42-47)58-25-11-6-20-52(58)53-21-7-12-26-59(53)64)40-32-43-30-33-44(34-31-43)45-35-38-48(39-36-45)65-62-28-14-9-23-56(62)57-24-10-15-29-63(57)65/h1-31,33-39,41-42,50H,32,40H2. The molecule has 13 rings (SSSR count). The lowest BCUT2D eigenvalue weighted by Gasteiger charge is -2.31. The summed E-state index contributed by atoms with van der Waals surface area (Å²) in [6.45, 7) is 0. The van der Waals surface area contributed by atoms with Crippen LogP contribution >= 0.6 is 0 Å². The molecule has 1 atom stereocenters. The zero-order chi connectivity index (χ0) is 42.9. The van der Waals surface area contributed by atoms with Crippen molar-refractivity contribution in [3.63, 3.8) is 0 Å². The van der Waals surface area contributed by atoms with Gasteiger partial charge in [-0.3, -0.25) is 0 Å². The van der Waals surface area contributed by atoms with Crippen molar-refractivity contribution < 1.29 is 0 Å². The summed E-state index contributed by atoms with van der Waals surface area (Å²) in [5, 5.41) is 2.56. The van der Waals surface area contributed by atoms with Crippen LogP contribution in [0.25, 0.3) is 72.0 Å². The lowest BCUT2D eigenvalue weighted by atomic mass is 9.70. The number of para-hydroxylation sites is 2. The van der Waals surface area contributed by atoms with E-state index in [1.165, 1.54) is 111 Å². The third-order valence-electron chi connectivity index (χ3n) is 14.6. The van der Waals surface area contributed by atoms with Crippen LogP contribution in [-0.4, -0.2) is 4.57 Å². The molecule has 1 unspecified atom stereocenters. The monoisotopic (exact) mass is 827 g/mol. The van der Waals surface area contributed by atoms with Crippen molar-refractivity contribution in [1.29, 1.82) is 0 Å². The Kier molecular flexibility index (Phi) is 8.71. The summed E-state index contributed by atoms with van der Waals surface area (Å²) < 4.78 is 2.38. The lowest BCUT2D eigenvalue weighted by molar-refractivity contribution is 0.711. The molecule has 1 heteroatoms. The van der Waals surface area contributed by atoms with Crippen LogP contribution < -0.4 is 0 Å². The molecule has 0 amide bonds. The zero-order valence-electron chi connectivity index (χ0n) is 36.0. The van der Waals surface area contributed by atoms with Crippen LogP contribution in [0.1, 0.15) is 51.3 Å². The van der Waals surface area contributed by atoms with Gasteiger partial charge in [0.1, 0.15) is 0 Å². The number of aromatic nitrogens is 1. The Morgan fingerprint density at radius 2 is 0.831 bits per heavy atom. The highest BCUT2D eigenvalue weighted by atomic mass is 15.0. The first kappa shape index (κ1) is 37.5. The van der Waals surface area contributed by atoms with E-state index in [1.807, 2.05) is 0 Å². The molecule has 1 heterocycles. The van der Waals surface area contributed by atoms with E-state index in [-0.39, 0.29) is 11.3 Å². The minimum atomic E-state index is -0.379. The van der Waals surface area contributed by atoms with E-state index in [0.717, 1.165) is 12.8 Å². The SMILES string of the molecule is c1ccc(-c2ccccc2C(CCc2ccc(-c3ccc(-n4c5ccccc5c5ccccc54)cc3)cc2)c2ccc3c(c2)C2(c4ccccc4-c4ccccc42)c2ccccc2-3)cc1. The fourth-order valence-corrected chi connectivity index (χ4v) is 11.7. The smallest absolute Gasteiger partial charge is 0.0725 e. The number of aryl methyl sites for hydroxylation is 1. The molecule has 0 saturated heterocycles. The second-order valence-corrected chi connectivity index (χ2v) is 17.8. The van der Waals surface area contributed by atoms with Crippen molar-refractivity contribution in [2.75, 3.05) is 0 Å². The van der Waals surface area contributed by atoms with Crippen molar-refractivity contribution in [1.82, 2.24) is 4.57 Å². The second kappa shape index (κ2) is 15.1. The molecule has 0 saturated carbocycles. The number of fused-ring (bicyclic) bond motifs is 13. The first-order valence-corrected chi connectivity index (χ1v) is 23.0. The lowest BCUT2D eigenvalue weighted by Crippen LogP contribution is -2.26. The van der Waals surface area contributed by atoms with E-state index in [4.69, 9.17) is 0 Å². The van der Waals surface area contributed by atoms with E-state index < -0.39 is 0 Å². The molecule has 0 radical (unpaired) electrons. The number of benzene rings is 10. The molecule has 0 fully saturated rings. The van der Waals surface area contributed by atoms with Crippen LogP contribution in [0.15, 0.2) is 243 Å². The van der Waals surface area contributed by atoms with E-state index >= 15 is 0 Å². The Morgan fingerprint density at radius 3 is 1.43 bits per heavy atom. The van der Waals surface area contributed by atoms with Gasteiger partial charge in [-0.05, 0) is 121 Å².